The van der Waals surface area contributed by atoms with Gasteiger partial charge in [-0.15, -0.1) is 0 Å². The van der Waals surface area contributed by atoms with Gasteiger partial charge >= 0.3 is 0 Å². The van der Waals surface area contributed by atoms with E-state index >= 15 is 0 Å². The lowest BCUT2D eigenvalue weighted by molar-refractivity contribution is -0.137. The van der Waals surface area contributed by atoms with Crippen molar-refractivity contribution in [1.29, 1.82) is 0 Å². The average Bonchev–Trinajstić information content (AvgIpc) is 2.90. The number of halogens is 2. The molecule has 144 valence electrons. The van der Waals surface area contributed by atoms with Gasteiger partial charge in [-0.05, 0) is 43.7 Å². The van der Waals surface area contributed by atoms with Crippen molar-refractivity contribution >= 4 is 40.9 Å². The molecule has 0 N–H and O–H groups in total. The van der Waals surface area contributed by atoms with Crippen molar-refractivity contribution in [3.63, 3.8) is 0 Å². The minimum Gasteiger partial charge on any atom is -0.339 e. The summed E-state index contributed by atoms with van der Waals surface area (Å²) in [5.41, 5.74) is 0.513. The Kier molecular flexibility index (Phi) is 5.17. The fraction of sp³-hybridized carbons (Fsp3) is 0.550. The molecular weight excluding hydrogens is 387 g/mol. The molecule has 2 fully saturated rings. The summed E-state index contributed by atoms with van der Waals surface area (Å²) in [6.07, 6.45) is 7.10. The molecule has 0 aromatic heterocycles. The normalized spacial score (nSPS) is 24.8. The lowest BCUT2D eigenvalue weighted by Gasteiger charge is -2.44. The largest absolute Gasteiger partial charge is 0.339 e. The molecule has 0 bridgehead atoms. The lowest BCUT2D eigenvalue weighted by atomic mass is 9.78. The molecule has 2 atom stereocenters. The van der Waals surface area contributed by atoms with Gasteiger partial charge in [0.2, 0.25) is 5.91 Å². The van der Waals surface area contributed by atoms with Gasteiger partial charge in [-0.25, -0.2) is 0 Å². The fourth-order valence-corrected chi connectivity index (χ4v) is 5.10. The number of rotatable bonds is 3. The summed E-state index contributed by atoms with van der Waals surface area (Å²) >= 11 is 11.9. The van der Waals surface area contributed by atoms with Gasteiger partial charge in [0, 0.05) is 25.6 Å². The van der Waals surface area contributed by atoms with Crippen molar-refractivity contribution in [3.05, 3.63) is 33.3 Å². The quantitative estimate of drug-likeness (QED) is 0.705. The fourth-order valence-electron chi connectivity index (χ4n) is 4.77. The number of nitrogens with zero attached hydrogens (tertiary/aromatic N) is 2. The zero-order chi connectivity index (χ0) is 19.1. The zero-order valence-corrected chi connectivity index (χ0v) is 16.6. The highest BCUT2D eigenvalue weighted by Crippen LogP contribution is 2.36. The van der Waals surface area contributed by atoms with Crippen LogP contribution in [-0.4, -0.2) is 46.7 Å². The Balaban J connectivity index is 1.43. The summed E-state index contributed by atoms with van der Waals surface area (Å²) in [5, 5.41) is 0.484. The second-order valence-electron chi connectivity index (χ2n) is 7.67. The molecule has 2 unspecified atom stereocenters. The van der Waals surface area contributed by atoms with Crippen LogP contribution in [-0.2, 0) is 4.79 Å². The van der Waals surface area contributed by atoms with Crippen LogP contribution in [0.1, 0.15) is 65.7 Å². The molecule has 7 heteroatoms. The third-order valence-electron chi connectivity index (χ3n) is 6.12. The van der Waals surface area contributed by atoms with Gasteiger partial charge in [0.25, 0.3) is 11.8 Å². The SMILES string of the molecule is O=C1c2cc(Cl)c(Cl)cc2C(=O)N1CCC(=O)N1CCCC2CCCCC21. The number of hydrogen-bond donors (Lipinski definition) is 0. The summed E-state index contributed by atoms with van der Waals surface area (Å²) in [5.74, 6) is -0.162. The Morgan fingerprint density at radius 2 is 1.56 bits per heavy atom. The highest BCUT2D eigenvalue weighted by molar-refractivity contribution is 6.43. The Bertz CT molecular complexity index is 768. The van der Waals surface area contributed by atoms with E-state index in [2.05, 4.69) is 0 Å². The van der Waals surface area contributed by atoms with Crippen LogP contribution >= 0.6 is 23.2 Å². The van der Waals surface area contributed by atoms with Gasteiger partial charge in [0.05, 0.1) is 21.2 Å². The van der Waals surface area contributed by atoms with Crippen LogP contribution in [0.4, 0.5) is 0 Å². The molecular formula is C20H22Cl2N2O3. The topological polar surface area (TPSA) is 57.7 Å². The number of hydrogen-bond acceptors (Lipinski definition) is 3. The van der Waals surface area contributed by atoms with E-state index < -0.39 is 11.8 Å². The van der Waals surface area contributed by atoms with Crippen molar-refractivity contribution in [3.8, 4) is 0 Å². The van der Waals surface area contributed by atoms with Crippen molar-refractivity contribution < 1.29 is 14.4 Å². The van der Waals surface area contributed by atoms with Gasteiger partial charge in [0.15, 0.2) is 0 Å². The maximum atomic E-state index is 12.8. The summed E-state index contributed by atoms with van der Waals surface area (Å²) in [4.78, 5) is 41.1. The predicted octanol–water partition coefficient (Wildman–Crippen LogP) is 4.16. The monoisotopic (exact) mass is 408 g/mol. The third kappa shape index (κ3) is 3.36. The zero-order valence-electron chi connectivity index (χ0n) is 15.0. The number of amides is 3. The first-order valence-corrected chi connectivity index (χ1v) is 10.4. The summed E-state index contributed by atoms with van der Waals surface area (Å²) in [6.45, 7) is 0.877. The van der Waals surface area contributed by atoms with Gasteiger partial charge in [0.1, 0.15) is 0 Å². The number of carbonyl (C=O) groups is 3. The number of piperidine rings is 1. The molecule has 2 heterocycles. The summed E-state index contributed by atoms with van der Waals surface area (Å²) in [6, 6.07) is 3.19. The highest BCUT2D eigenvalue weighted by Gasteiger charge is 2.38. The minimum atomic E-state index is -0.407. The van der Waals surface area contributed by atoms with Crippen molar-refractivity contribution in [1.82, 2.24) is 9.80 Å². The molecule has 2 aliphatic heterocycles. The first-order chi connectivity index (χ1) is 13.0. The van der Waals surface area contributed by atoms with Crippen LogP contribution in [0, 0.1) is 5.92 Å². The van der Waals surface area contributed by atoms with E-state index in [1.807, 2.05) is 4.90 Å². The van der Waals surface area contributed by atoms with Crippen molar-refractivity contribution in [2.24, 2.45) is 5.92 Å². The molecule has 1 saturated heterocycles. The molecule has 0 radical (unpaired) electrons. The van der Waals surface area contributed by atoms with E-state index in [0.717, 1.165) is 24.3 Å². The molecule has 0 spiro atoms. The molecule has 1 aromatic rings. The third-order valence-corrected chi connectivity index (χ3v) is 6.85. The molecule has 5 nitrogen and oxygen atoms in total. The molecule has 27 heavy (non-hydrogen) atoms. The van der Waals surface area contributed by atoms with Gasteiger partial charge in [-0.1, -0.05) is 36.0 Å². The van der Waals surface area contributed by atoms with E-state index in [1.54, 1.807) is 0 Å². The number of carbonyl (C=O) groups excluding carboxylic acids is 3. The Morgan fingerprint density at radius 3 is 2.22 bits per heavy atom. The Hall–Kier alpha value is -1.59. The first kappa shape index (κ1) is 18.8. The molecule has 1 saturated carbocycles. The number of imide groups is 1. The highest BCUT2D eigenvalue weighted by atomic mass is 35.5. The molecule has 3 amide bonds. The van der Waals surface area contributed by atoms with Gasteiger partial charge in [-0.2, -0.15) is 0 Å². The summed E-state index contributed by atoms with van der Waals surface area (Å²) in [7, 11) is 0. The molecule has 1 aromatic carbocycles. The maximum Gasteiger partial charge on any atom is 0.261 e. The molecule has 4 rings (SSSR count). The van der Waals surface area contributed by atoms with E-state index in [9.17, 15) is 14.4 Å². The number of benzene rings is 1. The lowest BCUT2D eigenvalue weighted by Crippen LogP contribution is -2.50. The van der Waals surface area contributed by atoms with Crippen LogP contribution in [0.25, 0.3) is 0 Å². The second-order valence-corrected chi connectivity index (χ2v) is 8.48. The standard InChI is InChI=1S/C20H22Cl2N2O3/c21-15-10-13-14(11-16(15)22)20(27)24(19(13)26)9-7-18(25)23-8-3-5-12-4-1-2-6-17(12)23/h10-12,17H,1-9H2. The van der Waals surface area contributed by atoms with E-state index in [4.69, 9.17) is 23.2 Å². The van der Waals surface area contributed by atoms with Crippen LogP contribution in [0.3, 0.4) is 0 Å². The summed E-state index contributed by atoms with van der Waals surface area (Å²) < 4.78 is 0. The van der Waals surface area contributed by atoms with Gasteiger partial charge in [-0.3, -0.25) is 19.3 Å². The Labute approximate surface area is 168 Å². The number of fused-ring (bicyclic) bond motifs is 2. The minimum absolute atomic E-state index is 0.0409. The number of likely N-dealkylation sites (tertiary alicyclic amines) is 1. The van der Waals surface area contributed by atoms with E-state index in [-0.39, 0.29) is 40.0 Å². The van der Waals surface area contributed by atoms with Gasteiger partial charge < -0.3 is 4.90 Å². The maximum absolute atomic E-state index is 12.8. The average molecular weight is 409 g/mol. The van der Waals surface area contributed by atoms with E-state index in [1.165, 1.54) is 37.8 Å². The predicted molar refractivity (Wildman–Crippen MR) is 103 cm³/mol. The van der Waals surface area contributed by atoms with Crippen molar-refractivity contribution in [2.45, 2.75) is 51.0 Å². The molecule has 3 aliphatic rings. The van der Waals surface area contributed by atoms with Crippen LogP contribution in [0.2, 0.25) is 10.0 Å². The van der Waals surface area contributed by atoms with Crippen molar-refractivity contribution in [2.75, 3.05) is 13.1 Å². The smallest absolute Gasteiger partial charge is 0.261 e. The molecule has 1 aliphatic carbocycles. The van der Waals surface area contributed by atoms with Crippen LogP contribution in [0.15, 0.2) is 12.1 Å². The van der Waals surface area contributed by atoms with Crippen LogP contribution < -0.4 is 0 Å². The Morgan fingerprint density at radius 1 is 0.963 bits per heavy atom. The second kappa shape index (κ2) is 7.44. The van der Waals surface area contributed by atoms with Crippen LogP contribution in [0.5, 0.6) is 0 Å². The van der Waals surface area contributed by atoms with E-state index in [0.29, 0.717) is 12.0 Å². The first-order valence-electron chi connectivity index (χ1n) is 9.62.